The highest BCUT2D eigenvalue weighted by Crippen LogP contribution is 2.25. The van der Waals surface area contributed by atoms with Crippen LogP contribution in [-0.4, -0.2) is 61.3 Å². The molecule has 0 aliphatic carbocycles. The average Bonchev–Trinajstić information content (AvgIpc) is 2.89. The summed E-state index contributed by atoms with van der Waals surface area (Å²) in [5.74, 6) is -0.332. The maximum Gasteiger partial charge on any atom is 0.238 e. The smallest absolute Gasteiger partial charge is 0.238 e. The van der Waals surface area contributed by atoms with E-state index in [0.29, 0.717) is 30.4 Å². The lowest BCUT2D eigenvalue weighted by molar-refractivity contribution is -0.128. The van der Waals surface area contributed by atoms with E-state index in [1.165, 1.54) is 0 Å². The van der Waals surface area contributed by atoms with Crippen LogP contribution in [0.3, 0.4) is 0 Å². The summed E-state index contributed by atoms with van der Waals surface area (Å²) in [4.78, 5) is 40.2. The molecule has 7 nitrogen and oxygen atoms in total. The molecule has 26 heavy (non-hydrogen) atoms. The molecule has 2 N–H and O–H groups in total. The van der Waals surface area contributed by atoms with E-state index in [1.54, 1.807) is 34.1 Å². The summed E-state index contributed by atoms with van der Waals surface area (Å²) in [6.07, 6.45) is 0.230. The second kappa shape index (κ2) is 8.80. The second-order valence-corrected chi connectivity index (χ2v) is 7.41. The number of nitrogens with zero attached hydrogens (tertiary/aromatic N) is 2. The van der Waals surface area contributed by atoms with Crippen molar-refractivity contribution in [2.45, 2.75) is 20.3 Å². The Hall–Kier alpha value is -2.41. The van der Waals surface area contributed by atoms with Crippen molar-refractivity contribution >= 4 is 29.1 Å². The van der Waals surface area contributed by atoms with E-state index in [0.717, 1.165) is 0 Å². The molecule has 1 aliphatic heterocycles. The first kappa shape index (κ1) is 19.9. The Morgan fingerprint density at radius 2 is 1.81 bits per heavy atom. The van der Waals surface area contributed by atoms with Crippen LogP contribution >= 0.6 is 0 Å². The standard InChI is InChI=1S/C19H28N4O3/c1-13(2)10-23-11-14(9-18(23)25)19(26)21-16-8-6-5-7-15(16)20-17(24)12-22(3)4/h5-8,13-14H,9-12H2,1-4H3,(H,20,24)(H,21,26). The van der Waals surface area contributed by atoms with Gasteiger partial charge in [-0.3, -0.25) is 14.4 Å². The summed E-state index contributed by atoms with van der Waals surface area (Å²) in [6.45, 7) is 5.46. The topological polar surface area (TPSA) is 81.8 Å². The average molecular weight is 360 g/mol. The lowest BCUT2D eigenvalue weighted by Crippen LogP contribution is -2.31. The van der Waals surface area contributed by atoms with E-state index in [9.17, 15) is 14.4 Å². The van der Waals surface area contributed by atoms with E-state index in [2.05, 4.69) is 10.6 Å². The van der Waals surface area contributed by atoms with Gasteiger partial charge in [0, 0.05) is 19.5 Å². The van der Waals surface area contributed by atoms with Crippen molar-refractivity contribution in [3.8, 4) is 0 Å². The van der Waals surface area contributed by atoms with Gasteiger partial charge in [0.15, 0.2) is 0 Å². The van der Waals surface area contributed by atoms with Gasteiger partial charge in [0.05, 0.1) is 23.8 Å². The second-order valence-electron chi connectivity index (χ2n) is 7.41. The molecule has 142 valence electrons. The number of rotatable bonds is 7. The number of likely N-dealkylation sites (tertiary alicyclic amines) is 1. The molecule has 1 heterocycles. The molecule has 0 spiro atoms. The first-order valence-corrected chi connectivity index (χ1v) is 8.88. The fourth-order valence-electron chi connectivity index (χ4n) is 2.98. The molecule has 7 heteroatoms. The van der Waals surface area contributed by atoms with E-state index in [-0.39, 0.29) is 36.6 Å². The van der Waals surface area contributed by atoms with Gasteiger partial charge in [-0.2, -0.15) is 0 Å². The van der Waals surface area contributed by atoms with Gasteiger partial charge in [0.25, 0.3) is 0 Å². The SMILES string of the molecule is CC(C)CN1CC(C(=O)Nc2ccccc2NC(=O)CN(C)C)CC1=O. The molecule has 1 aliphatic rings. The van der Waals surface area contributed by atoms with Gasteiger partial charge < -0.3 is 20.4 Å². The third kappa shape index (κ3) is 5.56. The number of nitrogens with one attached hydrogen (secondary N) is 2. The molecule has 0 aromatic heterocycles. The number of benzene rings is 1. The van der Waals surface area contributed by atoms with Gasteiger partial charge in [-0.05, 0) is 32.1 Å². The largest absolute Gasteiger partial charge is 0.342 e. The van der Waals surface area contributed by atoms with Crippen LogP contribution in [0.25, 0.3) is 0 Å². The Bertz CT molecular complexity index is 673. The highest BCUT2D eigenvalue weighted by molar-refractivity contribution is 6.02. The summed E-state index contributed by atoms with van der Waals surface area (Å²) in [5, 5.41) is 5.67. The number of hydrogen-bond acceptors (Lipinski definition) is 4. The van der Waals surface area contributed by atoms with Gasteiger partial charge in [0.2, 0.25) is 17.7 Å². The van der Waals surface area contributed by atoms with E-state index in [1.807, 2.05) is 27.9 Å². The van der Waals surface area contributed by atoms with Crippen molar-refractivity contribution < 1.29 is 14.4 Å². The van der Waals surface area contributed by atoms with Crippen LogP contribution in [0, 0.1) is 11.8 Å². The molecule has 0 radical (unpaired) electrons. The number of carbonyl (C=O) groups is 3. The van der Waals surface area contributed by atoms with Crippen LogP contribution in [0.2, 0.25) is 0 Å². The Balaban J connectivity index is 2.01. The molecule has 1 saturated heterocycles. The Kier molecular flexibility index (Phi) is 6.74. The van der Waals surface area contributed by atoms with Crippen LogP contribution < -0.4 is 10.6 Å². The first-order valence-electron chi connectivity index (χ1n) is 8.88. The third-order valence-corrected chi connectivity index (χ3v) is 4.09. The van der Waals surface area contributed by atoms with Crippen molar-refractivity contribution in [2.24, 2.45) is 11.8 Å². The molecular formula is C19H28N4O3. The van der Waals surface area contributed by atoms with Crippen molar-refractivity contribution in [1.29, 1.82) is 0 Å². The van der Waals surface area contributed by atoms with Crippen molar-refractivity contribution in [2.75, 3.05) is 44.4 Å². The van der Waals surface area contributed by atoms with Crippen LogP contribution in [0.5, 0.6) is 0 Å². The summed E-state index contributed by atoms with van der Waals surface area (Å²) >= 11 is 0. The van der Waals surface area contributed by atoms with Crippen molar-refractivity contribution in [3.63, 3.8) is 0 Å². The van der Waals surface area contributed by atoms with Gasteiger partial charge >= 0.3 is 0 Å². The van der Waals surface area contributed by atoms with Crippen LogP contribution in [-0.2, 0) is 14.4 Å². The number of likely N-dealkylation sites (N-methyl/N-ethyl adjacent to an activating group) is 1. The molecule has 1 aromatic rings. The van der Waals surface area contributed by atoms with Gasteiger partial charge in [0.1, 0.15) is 0 Å². The van der Waals surface area contributed by atoms with E-state index in [4.69, 9.17) is 0 Å². The maximum absolute atomic E-state index is 12.6. The van der Waals surface area contributed by atoms with Gasteiger partial charge in [-0.25, -0.2) is 0 Å². The zero-order valence-corrected chi connectivity index (χ0v) is 15.9. The summed E-state index contributed by atoms with van der Waals surface area (Å²) in [6, 6.07) is 7.08. The summed E-state index contributed by atoms with van der Waals surface area (Å²) < 4.78 is 0. The lowest BCUT2D eigenvalue weighted by Gasteiger charge is -2.19. The predicted octanol–water partition coefficient (Wildman–Crippen LogP) is 1.63. The highest BCUT2D eigenvalue weighted by atomic mass is 16.2. The number of amides is 3. The van der Waals surface area contributed by atoms with E-state index < -0.39 is 0 Å². The first-order chi connectivity index (χ1) is 12.3. The third-order valence-electron chi connectivity index (χ3n) is 4.09. The molecule has 1 atom stereocenters. The molecule has 2 rings (SSSR count). The fourth-order valence-corrected chi connectivity index (χ4v) is 2.98. The zero-order chi connectivity index (χ0) is 19.3. The molecule has 3 amide bonds. The Labute approximate surface area is 154 Å². The summed E-state index contributed by atoms with van der Waals surface area (Å²) in [7, 11) is 3.63. The Morgan fingerprint density at radius 3 is 2.38 bits per heavy atom. The van der Waals surface area contributed by atoms with E-state index >= 15 is 0 Å². The molecule has 0 saturated carbocycles. The Morgan fingerprint density at radius 1 is 1.19 bits per heavy atom. The van der Waals surface area contributed by atoms with Crippen molar-refractivity contribution in [3.05, 3.63) is 24.3 Å². The van der Waals surface area contributed by atoms with Gasteiger partial charge in [-0.1, -0.05) is 26.0 Å². The molecule has 1 fully saturated rings. The minimum atomic E-state index is -0.369. The number of carbonyl (C=O) groups excluding carboxylic acids is 3. The van der Waals surface area contributed by atoms with Crippen LogP contribution in [0.4, 0.5) is 11.4 Å². The fraction of sp³-hybridized carbons (Fsp3) is 0.526. The minimum absolute atomic E-state index is 0.0198. The normalized spacial score (nSPS) is 17.1. The number of hydrogen-bond donors (Lipinski definition) is 2. The molecular weight excluding hydrogens is 332 g/mol. The maximum atomic E-state index is 12.6. The zero-order valence-electron chi connectivity index (χ0n) is 15.9. The number of anilines is 2. The highest BCUT2D eigenvalue weighted by Gasteiger charge is 2.34. The molecule has 1 unspecified atom stereocenters. The monoisotopic (exact) mass is 360 g/mol. The van der Waals surface area contributed by atoms with Gasteiger partial charge in [-0.15, -0.1) is 0 Å². The molecule has 1 aromatic carbocycles. The van der Waals surface area contributed by atoms with Crippen LogP contribution in [0.1, 0.15) is 20.3 Å². The minimum Gasteiger partial charge on any atom is -0.342 e. The molecule has 0 bridgehead atoms. The lowest BCUT2D eigenvalue weighted by atomic mass is 10.1. The van der Waals surface area contributed by atoms with Crippen molar-refractivity contribution in [1.82, 2.24) is 9.80 Å². The van der Waals surface area contributed by atoms with Crippen LogP contribution in [0.15, 0.2) is 24.3 Å². The summed E-state index contributed by atoms with van der Waals surface area (Å²) in [5.41, 5.74) is 1.09. The predicted molar refractivity (Wildman–Crippen MR) is 102 cm³/mol. The quantitative estimate of drug-likeness (QED) is 0.774. The number of para-hydroxylation sites is 2.